The minimum Gasteiger partial charge on any atom is -0.0622 e. The Morgan fingerprint density at radius 2 is 1.70 bits per heavy atom. The van der Waals surface area contributed by atoms with E-state index in [1.165, 1.54) is 5.56 Å². The van der Waals surface area contributed by atoms with Gasteiger partial charge in [0.1, 0.15) is 0 Å². The number of rotatable bonds is 2. The molecule has 0 atom stereocenters. The summed E-state index contributed by atoms with van der Waals surface area (Å²) in [5, 5.41) is 0. The van der Waals surface area contributed by atoms with Crippen molar-refractivity contribution < 1.29 is 0 Å². The summed E-state index contributed by atoms with van der Waals surface area (Å²) in [6.07, 6.45) is 0.973. The molecule has 0 amide bonds. The molecule has 10 heavy (non-hydrogen) atoms. The first-order valence-electron chi connectivity index (χ1n) is 3.49. The number of hydrogen-bond donors (Lipinski definition) is 0. The van der Waals surface area contributed by atoms with Crippen LogP contribution < -0.4 is 0 Å². The molecule has 0 unspecified atom stereocenters. The van der Waals surface area contributed by atoms with Gasteiger partial charge in [0, 0.05) is 0 Å². The van der Waals surface area contributed by atoms with E-state index in [0.29, 0.717) is 0 Å². The van der Waals surface area contributed by atoms with E-state index in [2.05, 4.69) is 26.0 Å². The highest BCUT2D eigenvalue weighted by atomic mass is 14.0. The van der Waals surface area contributed by atoms with Crippen molar-refractivity contribution in [3.8, 4) is 0 Å². The van der Waals surface area contributed by atoms with Crippen LogP contribution in [0.25, 0.3) is 0 Å². The SMILES string of the molecule is [CH2]C([CH2])Cc1ccccc1. The zero-order chi connectivity index (χ0) is 7.40. The van der Waals surface area contributed by atoms with Crippen LogP contribution in [0.2, 0.25) is 0 Å². The van der Waals surface area contributed by atoms with E-state index < -0.39 is 0 Å². The lowest BCUT2D eigenvalue weighted by molar-refractivity contribution is 0.797. The maximum Gasteiger partial charge on any atom is -0.0250 e. The standard InChI is InChI=1S/C10H12/c1-9(2)8-10-6-4-3-5-7-10/h3-7,9H,1-2,8H2. The average Bonchev–Trinajstić information content (AvgIpc) is 1.88. The molecule has 0 aliphatic rings. The molecular weight excluding hydrogens is 120 g/mol. The Kier molecular flexibility index (Phi) is 2.49. The number of hydrogen-bond acceptors (Lipinski definition) is 0. The van der Waals surface area contributed by atoms with Crippen molar-refractivity contribution in [3.63, 3.8) is 0 Å². The van der Waals surface area contributed by atoms with Crippen LogP contribution in [-0.4, -0.2) is 0 Å². The summed E-state index contributed by atoms with van der Waals surface area (Å²) in [7, 11) is 0. The summed E-state index contributed by atoms with van der Waals surface area (Å²) in [6.45, 7) is 7.65. The van der Waals surface area contributed by atoms with Gasteiger partial charge >= 0.3 is 0 Å². The van der Waals surface area contributed by atoms with Gasteiger partial charge in [0.05, 0.1) is 0 Å². The van der Waals surface area contributed by atoms with Gasteiger partial charge in [0.2, 0.25) is 0 Å². The molecule has 0 aromatic heterocycles. The van der Waals surface area contributed by atoms with E-state index in [1.807, 2.05) is 18.2 Å². The molecule has 0 saturated carbocycles. The summed E-state index contributed by atoms with van der Waals surface area (Å²) in [6, 6.07) is 10.3. The van der Waals surface area contributed by atoms with Gasteiger partial charge in [-0.15, -0.1) is 0 Å². The molecule has 0 fully saturated rings. The Morgan fingerprint density at radius 1 is 1.10 bits per heavy atom. The highest BCUT2D eigenvalue weighted by molar-refractivity contribution is 5.15. The Labute approximate surface area is 62.9 Å². The highest BCUT2D eigenvalue weighted by Gasteiger charge is 1.94. The molecule has 0 aliphatic carbocycles. The van der Waals surface area contributed by atoms with E-state index >= 15 is 0 Å². The fraction of sp³-hybridized carbons (Fsp3) is 0.200. The van der Waals surface area contributed by atoms with E-state index in [4.69, 9.17) is 0 Å². The van der Waals surface area contributed by atoms with Gasteiger partial charge < -0.3 is 0 Å². The minimum atomic E-state index is 0.266. The molecule has 1 rings (SSSR count). The fourth-order valence-corrected chi connectivity index (χ4v) is 0.947. The zero-order valence-electron chi connectivity index (χ0n) is 6.09. The second kappa shape index (κ2) is 3.40. The van der Waals surface area contributed by atoms with Crippen LogP contribution in [0.5, 0.6) is 0 Å². The lowest BCUT2D eigenvalue weighted by Crippen LogP contribution is -1.93. The smallest absolute Gasteiger partial charge is 0.0250 e. The average molecular weight is 132 g/mol. The van der Waals surface area contributed by atoms with Crippen molar-refractivity contribution in [1.82, 2.24) is 0 Å². The summed E-state index contributed by atoms with van der Waals surface area (Å²) in [5.41, 5.74) is 1.32. The molecule has 1 aromatic carbocycles. The van der Waals surface area contributed by atoms with Crippen molar-refractivity contribution in [1.29, 1.82) is 0 Å². The third-order valence-corrected chi connectivity index (χ3v) is 1.37. The predicted molar refractivity (Wildman–Crippen MR) is 44.4 cm³/mol. The molecule has 0 bridgehead atoms. The van der Waals surface area contributed by atoms with Gasteiger partial charge in [-0.25, -0.2) is 0 Å². The van der Waals surface area contributed by atoms with Crippen LogP contribution in [0.4, 0.5) is 0 Å². The third-order valence-electron chi connectivity index (χ3n) is 1.37. The lowest BCUT2D eigenvalue weighted by Gasteiger charge is -2.02. The van der Waals surface area contributed by atoms with Crippen LogP contribution in [-0.2, 0) is 6.42 Å². The van der Waals surface area contributed by atoms with Gasteiger partial charge in [-0.2, -0.15) is 0 Å². The molecule has 1 aromatic rings. The molecule has 0 aliphatic heterocycles. The maximum atomic E-state index is 3.82. The van der Waals surface area contributed by atoms with Gasteiger partial charge in [-0.05, 0) is 31.7 Å². The molecule has 0 N–H and O–H groups in total. The van der Waals surface area contributed by atoms with E-state index in [9.17, 15) is 0 Å². The van der Waals surface area contributed by atoms with Gasteiger partial charge in [0.15, 0.2) is 0 Å². The van der Waals surface area contributed by atoms with Crippen LogP contribution >= 0.6 is 0 Å². The van der Waals surface area contributed by atoms with Crippen molar-refractivity contribution in [2.24, 2.45) is 5.92 Å². The Morgan fingerprint density at radius 3 is 2.20 bits per heavy atom. The van der Waals surface area contributed by atoms with Gasteiger partial charge in [0.25, 0.3) is 0 Å². The fourth-order valence-electron chi connectivity index (χ4n) is 0.947. The summed E-state index contributed by atoms with van der Waals surface area (Å²) < 4.78 is 0. The number of benzene rings is 1. The largest absolute Gasteiger partial charge is 0.0622 e. The van der Waals surface area contributed by atoms with E-state index in [1.54, 1.807) is 0 Å². The molecular formula is C10H12. The van der Waals surface area contributed by atoms with E-state index in [0.717, 1.165) is 6.42 Å². The van der Waals surface area contributed by atoms with Crippen molar-refractivity contribution in [2.75, 3.05) is 0 Å². The van der Waals surface area contributed by atoms with Crippen LogP contribution in [0.15, 0.2) is 30.3 Å². The second-order valence-corrected chi connectivity index (χ2v) is 2.56. The van der Waals surface area contributed by atoms with E-state index in [-0.39, 0.29) is 5.92 Å². The molecule has 0 heterocycles. The predicted octanol–water partition coefficient (Wildman–Crippen LogP) is 2.51. The first-order chi connectivity index (χ1) is 4.79. The van der Waals surface area contributed by atoms with Crippen LogP contribution in [0, 0.1) is 19.8 Å². The Bertz CT molecular complexity index is 174. The molecule has 0 spiro atoms. The molecule has 0 nitrogen and oxygen atoms in total. The van der Waals surface area contributed by atoms with Crippen LogP contribution in [0.3, 0.4) is 0 Å². The van der Waals surface area contributed by atoms with Gasteiger partial charge in [-0.1, -0.05) is 30.3 Å². The monoisotopic (exact) mass is 132 g/mol. The first kappa shape index (κ1) is 7.33. The molecule has 2 radical (unpaired) electrons. The van der Waals surface area contributed by atoms with Crippen LogP contribution in [0.1, 0.15) is 5.56 Å². The van der Waals surface area contributed by atoms with Crippen molar-refractivity contribution in [3.05, 3.63) is 49.7 Å². The normalized spacial score (nSPS) is 10.3. The highest BCUT2D eigenvalue weighted by Crippen LogP contribution is 2.05. The minimum absolute atomic E-state index is 0.266. The first-order valence-corrected chi connectivity index (χ1v) is 3.49. The maximum absolute atomic E-state index is 3.82. The Hall–Kier alpha value is -0.780. The van der Waals surface area contributed by atoms with Crippen molar-refractivity contribution >= 4 is 0 Å². The zero-order valence-corrected chi connectivity index (χ0v) is 6.09. The van der Waals surface area contributed by atoms with Gasteiger partial charge in [-0.3, -0.25) is 0 Å². The summed E-state index contributed by atoms with van der Waals surface area (Å²) in [4.78, 5) is 0. The molecule has 0 heteroatoms. The van der Waals surface area contributed by atoms with Crippen molar-refractivity contribution in [2.45, 2.75) is 6.42 Å². The summed E-state index contributed by atoms with van der Waals surface area (Å²) in [5.74, 6) is 0.266. The third kappa shape index (κ3) is 2.22. The summed E-state index contributed by atoms with van der Waals surface area (Å²) >= 11 is 0. The Balaban J connectivity index is 2.59. The molecule has 0 saturated heterocycles. The quantitative estimate of drug-likeness (QED) is 0.580. The second-order valence-electron chi connectivity index (χ2n) is 2.56. The molecule has 52 valence electrons. The topological polar surface area (TPSA) is 0 Å². The lowest BCUT2D eigenvalue weighted by atomic mass is 10.0.